The zero-order valence-electron chi connectivity index (χ0n) is 11.4. The van der Waals surface area contributed by atoms with E-state index in [2.05, 4.69) is 31.8 Å². The van der Waals surface area contributed by atoms with E-state index < -0.39 is 6.04 Å². The Bertz CT molecular complexity index is 307. The van der Waals surface area contributed by atoms with Crippen LogP contribution in [0.3, 0.4) is 0 Å². The number of thiol groups is 1. The van der Waals surface area contributed by atoms with Crippen LogP contribution in [-0.2, 0) is 14.3 Å². The average Bonchev–Trinajstić information content (AvgIpc) is 2.28. The van der Waals surface area contributed by atoms with E-state index in [0.717, 1.165) is 25.7 Å². The maximum atomic E-state index is 11.9. The standard InChI is InChI=1S/C13H23NO3S/c1-9(15)14-11(8-18)12(16)17-10-4-6-13(2,3)7-5-10/h10-11,18H,4-8H2,1-3H3,(H,14,15)/t11-/m0/s1. The van der Waals surface area contributed by atoms with Crippen LogP contribution >= 0.6 is 12.6 Å². The van der Waals surface area contributed by atoms with Gasteiger partial charge >= 0.3 is 5.97 Å². The maximum Gasteiger partial charge on any atom is 0.329 e. The van der Waals surface area contributed by atoms with Gasteiger partial charge in [0.15, 0.2) is 0 Å². The van der Waals surface area contributed by atoms with Gasteiger partial charge in [-0.2, -0.15) is 12.6 Å². The number of hydrogen-bond donors (Lipinski definition) is 2. The van der Waals surface area contributed by atoms with Crippen molar-refractivity contribution in [2.24, 2.45) is 5.41 Å². The third kappa shape index (κ3) is 4.88. The molecule has 5 heteroatoms. The molecule has 1 rings (SSSR count). The Balaban J connectivity index is 2.42. The van der Waals surface area contributed by atoms with Crippen LogP contribution in [-0.4, -0.2) is 29.8 Å². The molecular formula is C13H23NO3S. The van der Waals surface area contributed by atoms with Crippen LogP contribution in [0.25, 0.3) is 0 Å². The highest BCUT2D eigenvalue weighted by molar-refractivity contribution is 7.80. The average molecular weight is 273 g/mol. The maximum absolute atomic E-state index is 11.9. The van der Waals surface area contributed by atoms with E-state index in [1.54, 1.807) is 0 Å². The molecule has 18 heavy (non-hydrogen) atoms. The van der Waals surface area contributed by atoms with Gasteiger partial charge in [0.05, 0.1) is 0 Å². The van der Waals surface area contributed by atoms with Crippen LogP contribution in [0, 0.1) is 5.41 Å². The van der Waals surface area contributed by atoms with Crippen molar-refractivity contribution in [3.05, 3.63) is 0 Å². The number of ether oxygens (including phenoxy) is 1. The quantitative estimate of drug-likeness (QED) is 0.608. The molecule has 0 aromatic heterocycles. The van der Waals surface area contributed by atoms with E-state index in [1.807, 2.05) is 0 Å². The first-order chi connectivity index (χ1) is 8.34. The van der Waals surface area contributed by atoms with Crippen molar-refractivity contribution in [3.63, 3.8) is 0 Å². The Labute approximate surface area is 114 Å². The molecule has 0 spiro atoms. The van der Waals surface area contributed by atoms with Crippen molar-refractivity contribution >= 4 is 24.5 Å². The van der Waals surface area contributed by atoms with Gasteiger partial charge in [-0.05, 0) is 31.1 Å². The summed E-state index contributed by atoms with van der Waals surface area (Å²) < 4.78 is 5.44. The van der Waals surface area contributed by atoms with Gasteiger partial charge in [0.1, 0.15) is 12.1 Å². The summed E-state index contributed by atoms with van der Waals surface area (Å²) >= 11 is 4.06. The zero-order chi connectivity index (χ0) is 13.8. The van der Waals surface area contributed by atoms with Gasteiger partial charge in [0.25, 0.3) is 0 Å². The molecule has 1 atom stereocenters. The highest BCUT2D eigenvalue weighted by Gasteiger charge is 2.30. The normalized spacial score (nSPS) is 21.1. The highest BCUT2D eigenvalue weighted by Crippen LogP contribution is 2.36. The van der Waals surface area contributed by atoms with Crippen molar-refractivity contribution in [2.45, 2.75) is 58.6 Å². The highest BCUT2D eigenvalue weighted by atomic mass is 32.1. The zero-order valence-corrected chi connectivity index (χ0v) is 12.3. The molecule has 0 bridgehead atoms. The van der Waals surface area contributed by atoms with Gasteiger partial charge in [0.2, 0.25) is 5.91 Å². The van der Waals surface area contributed by atoms with Crippen LogP contribution in [0.1, 0.15) is 46.5 Å². The second-order valence-electron chi connectivity index (χ2n) is 5.74. The molecule has 1 aliphatic carbocycles. The van der Waals surface area contributed by atoms with E-state index in [-0.39, 0.29) is 23.7 Å². The summed E-state index contributed by atoms with van der Waals surface area (Å²) in [6, 6.07) is -0.638. The summed E-state index contributed by atoms with van der Waals surface area (Å²) in [7, 11) is 0. The Morgan fingerprint density at radius 2 is 1.94 bits per heavy atom. The molecule has 1 amide bonds. The summed E-state index contributed by atoms with van der Waals surface area (Å²) in [5.74, 6) is -0.350. The molecule has 0 heterocycles. The van der Waals surface area contributed by atoms with E-state index in [0.29, 0.717) is 5.41 Å². The van der Waals surface area contributed by atoms with Crippen molar-refractivity contribution in [1.82, 2.24) is 5.32 Å². The second kappa shape index (κ2) is 6.45. The number of esters is 1. The first-order valence-corrected chi connectivity index (χ1v) is 7.06. The van der Waals surface area contributed by atoms with E-state index >= 15 is 0 Å². The van der Waals surface area contributed by atoms with Crippen LogP contribution in [0.4, 0.5) is 0 Å². The molecule has 1 aliphatic rings. The molecule has 0 aliphatic heterocycles. The Morgan fingerprint density at radius 1 is 1.39 bits per heavy atom. The van der Waals surface area contributed by atoms with E-state index in [1.165, 1.54) is 6.92 Å². The van der Waals surface area contributed by atoms with E-state index in [4.69, 9.17) is 4.74 Å². The minimum Gasteiger partial charge on any atom is -0.461 e. The second-order valence-corrected chi connectivity index (χ2v) is 6.10. The Hall–Kier alpha value is -0.710. The van der Waals surface area contributed by atoms with Gasteiger partial charge in [-0.3, -0.25) is 4.79 Å². The third-order valence-electron chi connectivity index (χ3n) is 3.41. The van der Waals surface area contributed by atoms with Crippen LogP contribution < -0.4 is 5.32 Å². The number of carbonyl (C=O) groups is 2. The van der Waals surface area contributed by atoms with Crippen LogP contribution in [0.2, 0.25) is 0 Å². The molecule has 0 radical (unpaired) electrons. The number of amides is 1. The van der Waals surface area contributed by atoms with Crippen LogP contribution in [0.15, 0.2) is 0 Å². The fraction of sp³-hybridized carbons (Fsp3) is 0.846. The fourth-order valence-corrected chi connectivity index (χ4v) is 2.40. The molecule has 1 N–H and O–H groups in total. The Morgan fingerprint density at radius 3 is 2.39 bits per heavy atom. The van der Waals surface area contributed by atoms with Crippen molar-refractivity contribution in [2.75, 3.05) is 5.75 Å². The lowest BCUT2D eigenvalue weighted by atomic mass is 9.76. The molecule has 1 saturated carbocycles. The van der Waals surface area contributed by atoms with Crippen molar-refractivity contribution < 1.29 is 14.3 Å². The lowest BCUT2D eigenvalue weighted by molar-refractivity contribution is -0.154. The smallest absolute Gasteiger partial charge is 0.329 e. The van der Waals surface area contributed by atoms with Gasteiger partial charge in [-0.15, -0.1) is 0 Å². The minimum atomic E-state index is -0.638. The minimum absolute atomic E-state index is 0.0123. The summed E-state index contributed by atoms with van der Waals surface area (Å²) in [5.41, 5.74) is 0.351. The van der Waals surface area contributed by atoms with Gasteiger partial charge < -0.3 is 10.1 Å². The van der Waals surface area contributed by atoms with Gasteiger partial charge in [-0.25, -0.2) is 4.79 Å². The summed E-state index contributed by atoms with van der Waals surface area (Å²) in [6.45, 7) is 5.85. The van der Waals surface area contributed by atoms with Crippen LogP contribution in [0.5, 0.6) is 0 Å². The number of nitrogens with one attached hydrogen (secondary N) is 1. The first kappa shape index (κ1) is 15.3. The molecule has 0 aromatic rings. The predicted octanol–water partition coefficient (Wildman–Crippen LogP) is 1.93. The van der Waals surface area contributed by atoms with E-state index in [9.17, 15) is 9.59 Å². The first-order valence-electron chi connectivity index (χ1n) is 6.42. The predicted molar refractivity (Wildman–Crippen MR) is 73.6 cm³/mol. The fourth-order valence-electron chi connectivity index (χ4n) is 2.16. The third-order valence-corrected chi connectivity index (χ3v) is 3.78. The van der Waals surface area contributed by atoms with Crippen molar-refractivity contribution in [3.8, 4) is 0 Å². The number of carbonyl (C=O) groups excluding carboxylic acids is 2. The molecular weight excluding hydrogens is 250 g/mol. The van der Waals surface area contributed by atoms with Gasteiger partial charge in [-0.1, -0.05) is 13.8 Å². The lowest BCUT2D eigenvalue weighted by Gasteiger charge is -2.34. The summed E-state index contributed by atoms with van der Waals surface area (Å²) in [5, 5.41) is 2.55. The number of rotatable bonds is 4. The summed E-state index contributed by atoms with van der Waals surface area (Å²) in [4.78, 5) is 22.8. The van der Waals surface area contributed by atoms with Crippen molar-refractivity contribution in [1.29, 1.82) is 0 Å². The summed E-state index contributed by atoms with van der Waals surface area (Å²) in [6.07, 6.45) is 3.92. The molecule has 1 fully saturated rings. The lowest BCUT2D eigenvalue weighted by Crippen LogP contribution is -2.44. The van der Waals surface area contributed by atoms with Gasteiger partial charge in [0, 0.05) is 12.7 Å². The largest absolute Gasteiger partial charge is 0.461 e. The molecule has 4 nitrogen and oxygen atoms in total. The number of hydrogen-bond acceptors (Lipinski definition) is 4. The topological polar surface area (TPSA) is 55.4 Å². The molecule has 0 unspecified atom stereocenters. The molecule has 0 saturated heterocycles. The Kier molecular flexibility index (Phi) is 5.50. The molecule has 104 valence electrons. The monoisotopic (exact) mass is 273 g/mol. The molecule has 0 aromatic carbocycles. The SMILES string of the molecule is CC(=O)N[C@@H](CS)C(=O)OC1CCC(C)(C)CC1.